The molecule has 92 valence electrons. The van der Waals surface area contributed by atoms with E-state index in [0.29, 0.717) is 17.6 Å². The largest absolute Gasteiger partial charge is 0.364 e. The number of hydrogen-bond acceptors (Lipinski definition) is 4. The number of aromatic nitrogens is 3. The van der Waals surface area contributed by atoms with Crippen molar-refractivity contribution in [3.8, 4) is 0 Å². The average molecular weight is 261 g/mol. The summed E-state index contributed by atoms with van der Waals surface area (Å²) in [6.45, 7) is 0.637. The van der Waals surface area contributed by atoms with Crippen molar-refractivity contribution < 1.29 is 0 Å². The molecule has 0 amide bonds. The Hall–Kier alpha value is -1.68. The SMILES string of the molecule is Clc1cc(NCc2ccccn2)nc(C2CC2)n1. The Balaban J connectivity index is 1.72. The summed E-state index contributed by atoms with van der Waals surface area (Å²) in [6, 6.07) is 7.58. The molecule has 0 spiro atoms. The van der Waals surface area contributed by atoms with E-state index in [0.717, 1.165) is 17.3 Å². The Morgan fingerprint density at radius 1 is 1.28 bits per heavy atom. The number of nitrogens with zero attached hydrogens (tertiary/aromatic N) is 3. The first kappa shape index (κ1) is 11.4. The third-order valence-corrected chi connectivity index (χ3v) is 3.03. The molecule has 1 aliphatic carbocycles. The van der Waals surface area contributed by atoms with Gasteiger partial charge in [0.1, 0.15) is 16.8 Å². The minimum atomic E-state index is 0.496. The monoisotopic (exact) mass is 260 g/mol. The molecule has 1 aliphatic rings. The standard InChI is InChI=1S/C13H13ClN4/c14-11-7-12(18-13(17-11)9-4-5-9)16-8-10-3-1-2-6-15-10/h1-3,6-7,9H,4-5,8H2,(H,16,17,18). The highest BCUT2D eigenvalue weighted by molar-refractivity contribution is 6.29. The van der Waals surface area contributed by atoms with E-state index in [1.54, 1.807) is 12.3 Å². The second-order valence-electron chi connectivity index (χ2n) is 4.38. The lowest BCUT2D eigenvalue weighted by Gasteiger charge is -2.07. The lowest BCUT2D eigenvalue weighted by molar-refractivity contribution is 0.917. The van der Waals surface area contributed by atoms with Crippen LogP contribution in [-0.4, -0.2) is 15.0 Å². The quantitative estimate of drug-likeness (QED) is 0.859. The fraction of sp³-hybridized carbons (Fsp3) is 0.308. The van der Waals surface area contributed by atoms with Crippen LogP contribution in [0, 0.1) is 0 Å². The number of nitrogens with one attached hydrogen (secondary N) is 1. The van der Waals surface area contributed by atoms with Gasteiger partial charge in [-0.15, -0.1) is 0 Å². The molecule has 1 fully saturated rings. The van der Waals surface area contributed by atoms with Crippen molar-refractivity contribution in [1.82, 2.24) is 15.0 Å². The van der Waals surface area contributed by atoms with Crippen molar-refractivity contribution in [2.24, 2.45) is 0 Å². The highest BCUT2D eigenvalue weighted by Gasteiger charge is 2.27. The molecule has 4 nitrogen and oxygen atoms in total. The van der Waals surface area contributed by atoms with Crippen molar-refractivity contribution in [2.75, 3.05) is 5.32 Å². The number of hydrogen-bond donors (Lipinski definition) is 1. The van der Waals surface area contributed by atoms with Gasteiger partial charge < -0.3 is 5.32 Å². The fourth-order valence-corrected chi connectivity index (χ4v) is 1.92. The summed E-state index contributed by atoms with van der Waals surface area (Å²) in [5, 5.41) is 3.72. The van der Waals surface area contributed by atoms with Gasteiger partial charge in [0.05, 0.1) is 12.2 Å². The molecular weight excluding hydrogens is 248 g/mol. The molecule has 0 unspecified atom stereocenters. The second kappa shape index (κ2) is 4.90. The van der Waals surface area contributed by atoms with Crippen LogP contribution >= 0.6 is 11.6 Å². The molecule has 5 heteroatoms. The molecule has 0 atom stereocenters. The maximum absolute atomic E-state index is 6.00. The van der Waals surface area contributed by atoms with Gasteiger partial charge >= 0.3 is 0 Å². The molecule has 18 heavy (non-hydrogen) atoms. The summed E-state index contributed by atoms with van der Waals surface area (Å²) in [5.41, 5.74) is 0.972. The molecule has 2 heterocycles. The molecular formula is C13H13ClN4. The van der Waals surface area contributed by atoms with Crippen LogP contribution in [0.5, 0.6) is 0 Å². The Morgan fingerprint density at radius 2 is 2.17 bits per heavy atom. The van der Waals surface area contributed by atoms with Crippen molar-refractivity contribution in [2.45, 2.75) is 25.3 Å². The van der Waals surface area contributed by atoms with Gasteiger partial charge in [0.25, 0.3) is 0 Å². The van der Waals surface area contributed by atoms with E-state index in [1.807, 2.05) is 18.2 Å². The zero-order chi connectivity index (χ0) is 12.4. The third kappa shape index (κ3) is 2.76. The van der Waals surface area contributed by atoms with Crippen LogP contribution in [0.4, 0.5) is 5.82 Å². The van der Waals surface area contributed by atoms with E-state index in [2.05, 4.69) is 20.3 Å². The lowest BCUT2D eigenvalue weighted by atomic mass is 10.3. The van der Waals surface area contributed by atoms with Crippen LogP contribution in [0.1, 0.15) is 30.3 Å². The fourth-order valence-electron chi connectivity index (χ4n) is 1.73. The minimum Gasteiger partial charge on any atom is -0.364 e. The third-order valence-electron chi connectivity index (χ3n) is 2.83. The zero-order valence-electron chi connectivity index (χ0n) is 9.81. The van der Waals surface area contributed by atoms with Crippen LogP contribution in [0.15, 0.2) is 30.5 Å². The summed E-state index contributed by atoms with van der Waals surface area (Å²) >= 11 is 6.00. The topological polar surface area (TPSA) is 50.7 Å². The number of pyridine rings is 1. The van der Waals surface area contributed by atoms with E-state index in [4.69, 9.17) is 11.6 Å². The predicted octanol–water partition coefficient (Wildman–Crippen LogP) is 3.01. The van der Waals surface area contributed by atoms with Crippen molar-refractivity contribution in [3.05, 3.63) is 47.1 Å². The van der Waals surface area contributed by atoms with Gasteiger partial charge in [-0.1, -0.05) is 17.7 Å². The molecule has 0 aliphatic heterocycles. The van der Waals surface area contributed by atoms with Crippen LogP contribution in [0.3, 0.4) is 0 Å². The number of halogens is 1. The molecule has 1 N–H and O–H groups in total. The maximum atomic E-state index is 6.00. The van der Waals surface area contributed by atoms with E-state index in [1.165, 1.54) is 12.8 Å². The van der Waals surface area contributed by atoms with Gasteiger partial charge in [-0.25, -0.2) is 9.97 Å². The Morgan fingerprint density at radius 3 is 2.89 bits per heavy atom. The summed E-state index contributed by atoms with van der Waals surface area (Å²) in [7, 11) is 0. The van der Waals surface area contributed by atoms with Crippen molar-refractivity contribution in [3.63, 3.8) is 0 Å². The molecule has 3 rings (SSSR count). The number of rotatable bonds is 4. The van der Waals surface area contributed by atoms with Gasteiger partial charge in [-0.05, 0) is 25.0 Å². The molecule has 1 saturated carbocycles. The Bertz CT molecular complexity index is 540. The van der Waals surface area contributed by atoms with E-state index >= 15 is 0 Å². The van der Waals surface area contributed by atoms with Crippen LogP contribution < -0.4 is 5.32 Å². The van der Waals surface area contributed by atoms with Crippen LogP contribution in [0.2, 0.25) is 5.15 Å². The van der Waals surface area contributed by atoms with Gasteiger partial charge in [-0.3, -0.25) is 4.98 Å². The summed E-state index contributed by atoms with van der Waals surface area (Å²) in [5.74, 6) is 2.12. The minimum absolute atomic E-state index is 0.496. The molecule has 2 aromatic heterocycles. The van der Waals surface area contributed by atoms with Crippen LogP contribution in [-0.2, 0) is 6.54 Å². The normalized spacial score (nSPS) is 14.5. The first-order valence-corrected chi connectivity index (χ1v) is 6.37. The summed E-state index contributed by atoms with van der Waals surface area (Å²) < 4.78 is 0. The first-order valence-electron chi connectivity index (χ1n) is 5.99. The van der Waals surface area contributed by atoms with Gasteiger partial charge in [0.15, 0.2) is 0 Å². The molecule has 0 radical (unpaired) electrons. The zero-order valence-corrected chi connectivity index (χ0v) is 10.6. The maximum Gasteiger partial charge on any atom is 0.135 e. The Kier molecular flexibility index (Phi) is 3.11. The van der Waals surface area contributed by atoms with E-state index in [9.17, 15) is 0 Å². The van der Waals surface area contributed by atoms with Crippen molar-refractivity contribution >= 4 is 17.4 Å². The number of anilines is 1. The Labute approximate surface area is 110 Å². The average Bonchev–Trinajstić information content (AvgIpc) is 3.21. The molecule has 2 aromatic rings. The summed E-state index contributed by atoms with van der Waals surface area (Å²) in [6.07, 6.45) is 4.11. The highest BCUT2D eigenvalue weighted by Crippen LogP contribution is 2.38. The highest BCUT2D eigenvalue weighted by atomic mass is 35.5. The second-order valence-corrected chi connectivity index (χ2v) is 4.77. The molecule has 0 bridgehead atoms. The van der Waals surface area contributed by atoms with Crippen molar-refractivity contribution in [1.29, 1.82) is 0 Å². The van der Waals surface area contributed by atoms with Gasteiger partial charge in [0, 0.05) is 18.2 Å². The summed E-state index contributed by atoms with van der Waals surface area (Å²) in [4.78, 5) is 13.0. The molecule has 0 aromatic carbocycles. The van der Waals surface area contributed by atoms with Gasteiger partial charge in [0.2, 0.25) is 0 Å². The lowest BCUT2D eigenvalue weighted by Crippen LogP contribution is -2.05. The predicted molar refractivity (Wildman–Crippen MR) is 70.6 cm³/mol. The first-order chi connectivity index (χ1) is 8.81. The van der Waals surface area contributed by atoms with E-state index in [-0.39, 0.29) is 0 Å². The van der Waals surface area contributed by atoms with E-state index < -0.39 is 0 Å². The smallest absolute Gasteiger partial charge is 0.135 e. The van der Waals surface area contributed by atoms with Gasteiger partial charge in [-0.2, -0.15) is 0 Å². The molecule has 0 saturated heterocycles. The van der Waals surface area contributed by atoms with Crippen LogP contribution in [0.25, 0.3) is 0 Å².